The lowest BCUT2D eigenvalue weighted by Gasteiger charge is -2.36. The molecule has 2 aromatic heterocycles. The lowest BCUT2D eigenvalue weighted by molar-refractivity contribution is 0.0610. The number of likely N-dealkylation sites (N-methyl/N-ethyl adjacent to an activating group) is 1. The fourth-order valence-corrected chi connectivity index (χ4v) is 4.70. The van der Waals surface area contributed by atoms with Crippen molar-refractivity contribution in [2.75, 3.05) is 68.7 Å². The first kappa shape index (κ1) is 23.2. The van der Waals surface area contributed by atoms with E-state index in [9.17, 15) is 9.59 Å². The van der Waals surface area contributed by atoms with Crippen LogP contribution in [0.1, 0.15) is 23.2 Å². The maximum Gasteiger partial charge on any atom is 0.289 e. The molecule has 1 amide bonds. The third-order valence-electron chi connectivity index (χ3n) is 6.86. The van der Waals surface area contributed by atoms with Gasteiger partial charge in [0.05, 0.1) is 0 Å². The molecule has 2 saturated heterocycles. The van der Waals surface area contributed by atoms with E-state index >= 15 is 0 Å². The molecule has 2 aliphatic rings. The Hall–Kier alpha value is -3.59. The van der Waals surface area contributed by atoms with Crippen molar-refractivity contribution in [3.05, 3.63) is 76.5 Å². The van der Waals surface area contributed by atoms with Crippen molar-refractivity contribution in [1.82, 2.24) is 19.6 Å². The fraction of sp³-hybridized carbons (Fsp3) is 0.423. The molecule has 0 aliphatic carbocycles. The Balaban J connectivity index is 1.22. The van der Waals surface area contributed by atoms with E-state index in [4.69, 9.17) is 4.42 Å². The number of hydrogen-bond acceptors (Lipinski definition) is 7. The molecule has 2 fully saturated rings. The van der Waals surface area contributed by atoms with Gasteiger partial charge in [0.2, 0.25) is 0 Å². The van der Waals surface area contributed by atoms with Crippen LogP contribution in [0.4, 0.5) is 11.5 Å². The number of furan rings is 1. The Bertz CT molecular complexity index is 1190. The van der Waals surface area contributed by atoms with E-state index in [2.05, 4.69) is 51.0 Å². The minimum atomic E-state index is -0.198. The van der Waals surface area contributed by atoms with Crippen molar-refractivity contribution < 1.29 is 9.21 Å². The predicted molar refractivity (Wildman–Crippen MR) is 135 cm³/mol. The molecule has 9 nitrogen and oxygen atoms in total. The molecule has 0 atom stereocenters. The van der Waals surface area contributed by atoms with Crippen LogP contribution < -0.4 is 15.4 Å². The number of nitrogens with zero attached hydrogens (tertiary/aromatic N) is 6. The summed E-state index contributed by atoms with van der Waals surface area (Å²) < 4.78 is 7.24. The Kier molecular flexibility index (Phi) is 6.85. The number of rotatable bonds is 6. The van der Waals surface area contributed by atoms with Crippen LogP contribution >= 0.6 is 0 Å². The van der Waals surface area contributed by atoms with Gasteiger partial charge >= 0.3 is 0 Å². The summed E-state index contributed by atoms with van der Waals surface area (Å²) in [7, 11) is 0. The highest BCUT2D eigenvalue weighted by Crippen LogP contribution is 2.19. The lowest BCUT2D eigenvalue weighted by atomic mass is 10.2. The average Bonchev–Trinajstić information content (AvgIpc) is 3.39. The summed E-state index contributed by atoms with van der Waals surface area (Å²) in [6.45, 7) is 9.89. The Morgan fingerprint density at radius 2 is 1.57 bits per heavy atom. The smallest absolute Gasteiger partial charge is 0.289 e. The molecule has 35 heavy (non-hydrogen) atoms. The summed E-state index contributed by atoms with van der Waals surface area (Å²) in [5.41, 5.74) is 1.03. The van der Waals surface area contributed by atoms with Crippen molar-refractivity contribution in [3.63, 3.8) is 0 Å². The van der Waals surface area contributed by atoms with E-state index < -0.39 is 0 Å². The molecule has 0 N–H and O–H groups in total. The van der Waals surface area contributed by atoms with Crippen LogP contribution in [0.2, 0.25) is 0 Å². The molecular weight excluding hydrogens is 444 g/mol. The van der Waals surface area contributed by atoms with Gasteiger partial charge in [-0.25, -0.2) is 4.68 Å². The van der Waals surface area contributed by atoms with E-state index in [1.165, 1.54) is 10.4 Å². The summed E-state index contributed by atoms with van der Waals surface area (Å²) in [6, 6.07) is 17.2. The highest BCUT2D eigenvalue weighted by Gasteiger charge is 2.24. The van der Waals surface area contributed by atoms with Crippen LogP contribution in [0.3, 0.4) is 0 Å². The second kappa shape index (κ2) is 10.4. The van der Waals surface area contributed by atoms with Crippen molar-refractivity contribution in [1.29, 1.82) is 0 Å². The largest absolute Gasteiger partial charge is 0.454 e. The first-order valence-corrected chi connectivity index (χ1v) is 12.3. The molecule has 2 aliphatic heterocycles. The van der Waals surface area contributed by atoms with Crippen LogP contribution in [0, 0.1) is 0 Å². The van der Waals surface area contributed by atoms with Crippen molar-refractivity contribution in [2.45, 2.75) is 13.5 Å². The molecule has 0 saturated carbocycles. The molecule has 3 aromatic rings. The minimum absolute atomic E-state index is 0.0997. The van der Waals surface area contributed by atoms with Gasteiger partial charge in [0.1, 0.15) is 18.1 Å². The number of aromatic nitrogens is 2. The van der Waals surface area contributed by atoms with Crippen LogP contribution in [-0.2, 0) is 6.54 Å². The van der Waals surface area contributed by atoms with Crippen LogP contribution in [0.5, 0.6) is 0 Å². The van der Waals surface area contributed by atoms with Crippen LogP contribution in [0.25, 0.3) is 0 Å². The van der Waals surface area contributed by atoms with Gasteiger partial charge in [0.15, 0.2) is 5.76 Å². The molecule has 184 valence electrons. The molecule has 5 rings (SSSR count). The number of carbonyl (C=O) groups excluding carboxylic acids is 1. The maximum atomic E-state index is 12.8. The second-order valence-electron chi connectivity index (χ2n) is 8.99. The van der Waals surface area contributed by atoms with Gasteiger partial charge in [0, 0.05) is 64.1 Å². The van der Waals surface area contributed by atoms with E-state index in [1.807, 2.05) is 11.0 Å². The second-order valence-corrected chi connectivity index (χ2v) is 8.99. The first-order chi connectivity index (χ1) is 17.1. The SMILES string of the molecule is CCN1CCN(C(=O)c2ccc(Cn3nc(N4CCN(c5ccccc5)CC4)ccc3=O)o2)CC1. The maximum absolute atomic E-state index is 12.8. The summed E-state index contributed by atoms with van der Waals surface area (Å²) in [4.78, 5) is 34.0. The zero-order valence-electron chi connectivity index (χ0n) is 20.2. The van der Waals surface area contributed by atoms with E-state index in [1.54, 1.807) is 24.3 Å². The topological polar surface area (TPSA) is 78.1 Å². The number of para-hydroxylation sites is 1. The van der Waals surface area contributed by atoms with Crippen molar-refractivity contribution in [3.8, 4) is 0 Å². The van der Waals surface area contributed by atoms with E-state index in [0.717, 1.165) is 51.6 Å². The number of amides is 1. The molecular formula is C26H32N6O3. The Morgan fingerprint density at radius 3 is 2.29 bits per heavy atom. The summed E-state index contributed by atoms with van der Waals surface area (Å²) in [5.74, 6) is 1.53. The zero-order valence-corrected chi connectivity index (χ0v) is 20.2. The third kappa shape index (κ3) is 5.24. The highest BCUT2D eigenvalue weighted by molar-refractivity contribution is 5.91. The molecule has 0 bridgehead atoms. The van der Waals surface area contributed by atoms with Gasteiger partial charge in [-0.05, 0) is 36.9 Å². The van der Waals surface area contributed by atoms with Crippen molar-refractivity contribution >= 4 is 17.4 Å². The van der Waals surface area contributed by atoms with Crippen molar-refractivity contribution in [2.24, 2.45) is 0 Å². The molecule has 0 radical (unpaired) electrons. The summed E-state index contributed by atoms with van der Waals surface area (Å²) in [6.07, 6.45) is 0. The standard InChI is InChI=1S/C26H32N6O3/c1-2-28-12-14-31(15-13-28)26(34)23-9-8-22(35-23)20-32-25(33)11-10-24(27-32)30-18-16-29(17-19-30)21-6-4-3-5-7-21/h3-11H,2,12-20H2,1H3. The van der Waals surface area contributed by atoms with Gasteiger partial charge < -0.3 is 24.0 Å². The molecule has 4 heterocycles. The number of anilines is 2. The first-order valence-electron chi connectivity index (χ1n) is 12.3. The number of piperazine rings is 2. The minimum Gasteiger partial charge on any atom is -0.454 e. The lowest BCUT2D eigenvalue weighted by Crippen LogP contribution is -2.48. The predicted octanol–water partition coefficient (Wildman–Crippen LogP) is 1.99. The molecule has 9 heteroatoms. The monoisotopic (exact) mass is 476 g/mol. The third-order valence-corrected chi connectivity index (χ3v) is 6.86. The van der Waals surface area contributed by atoms with Gasteiger partial charge in [0.25, 0.3) is 11.5 Å². The summed E-state index contributed by atoms with van der Waals surface area (Å²) in [5, 5.41) is 4.60. The van der Waals surface area contributed by atoms with E-state index in [0.29, 0.717) is 24.6 Å². The number of hydrogen-bond donors (Lipinski definition) is 0. The van der Waals surface area contributed by atoms with Gasteiger partial charge in [-0.1, -0.05) is 25.1 Å². The Labute approximate surface area is 205 Å². The zero-order chi connectivity index (χ0) is 24.2. The fourth-order valence-electron chi connectivity index (χ4n) is 4.70. The summed E-state index contributed by atoms with van der Waals surface area (Å²) >= 11 is 0. The Morgan fingerprint density at radius 1 is 0.857 bits per heavy atom. The van der Waals surface area contributed by atoms with Gasteiger partial charge in [-0.3, -0.25) is 9.59 Å². The quantitative estimate of drug-likeness (QED) is 0.538. The molecule has 1 aromatic carbocycles. The average molecular weight is 477 g/mol. The van der Waals surface area contributed by atoms with Gasteiger partial charge in [-0.15, -0.1) is 0 Å². The van der Waals surface area contributed by atoms with Gasteiger partial charge in [-0.2, -0.15) is 5.10 Å². The highest BCUT2D eigenvalue weighted by atomic mass is 16.4. The number of carbonyl (C=O) groups is 1. The van der Waals surface area contributed by atoms with Crippen LogP contribution in [-0.4, -0.2) is 84.4 Å². The normalized spacial score (nSPS) is 17.1. The van der Waals surface area contributed by atoms with Crippen LogP contribution in [0.15, 0.2) is 63.8 Å². The number of benzene rings is 1. The van der Waals surface area contributed by atoms with E-state index in [-0.39, 0.29) is 18.0 Å². The molecule has 0 unspecified atom stereocenters. The molecule has 0 spiro atoms.